The molecule has 0 saturated heterocycles. The Hall–Kier alpha value is -0.790. The Bertz CT molecular complexity index is 677. The number of hydrogen-bond donors (Lipinski definition) is 0. The van der Waals surface area contributed by atoms with Gasteiger partial charge in [-0.25, -0.2) is 9.13 Å². The highest BCUT2D eigenvalue weighted by molar-refractivity contribution is 4.84. The third-order valence-electron chi connectivity index (χ3n) is 10.1. The molecule has 44 heavy (non-hydrogen) atoms. The second kappa shape index (κ2) is 33.6. The fourth-order valence-electron chi connectivity index (χ4n) is 7.03. The minimum Gasteiger partial charge on any atom is -0.234 e. The maximum Gasteiger partial charge on any atom is 0.256 e. The van der Waals surface area contributed by atoms with Crippen LogP contribution in [0.4, 0.5) is 0 Å². The summed E-state index contributed by atoms with van der Waals surface area (Å²) in [5, 5.41) is 0. The van der Waals surface area contributed by atoms with Crippen LogP contribution in [0, 0.1) is 0 Å². The average Bonchev–Trinajstić information content (AvgIpc) is 3.42. The fraction of sp³-hybridized carbons (Fsp3) is 0.929. The molecule has 0 aromatic carbocycles. The Kier molecular flexibility index (Phi) is 31.5. The monoisotopic (exact) mass is 616 g/mol. The number of imidazole rings is 1. The van der Waals surface area contributed by atoms with E-state index in [1.807, 2.05) is 0 Å². The van der Waals surface area contributed by atoms with Crippen molar-refractivity contribution in [2.75, 3.05) is 0 Å². The molecule has 0 N–H and O–H groups in total. The molecule has 0 bridgehead atoms. The molecular weight excluding hydrogens is 532 g/mol. The molecule has 0 aliphatic rings. The van der Waals surface area contributed by atoms with E-state index in [1.165, 1.54) is 231 Å². The first kappa shape index (κ1) is 41.2. The van der Waals surface area contributed by atoms with Gasteiger partial charge in [0.15, 0.2) is 0 Å². The van der Waals surface area contributed by atoms with Gasteiger partial charge in [-0.2, -0.15) is 0 Å². The second-order valence-electron chi connectivity index (χ2n) is 14.5. The van der Waals surface area contributed by atoms with E-state index in [-0.39, 0.29) is 0 Å². The molecule has 1 aromatic heterocycles. The van der Waals surface area contributed by atoms with E-state index in [0.717, 1.165) is 0 Å². The Labute approximate surface area is 279 Å². The molecule has 0 radical (unpaired) electrons. The highest BCUT2D eigenvalue weighted by Crippen LogP contribution is 2.16. The number of unbranched alkanes of at least 4 members (excludes halogenated alkanes) is 30. The van der Waals surface area contributed by atoms with Gasteiger partial charge in [-0.15, -0.1) is 0 Å². The first-order valence-corrected chi connectivity index (χ1v) is 20.9. The summed E-state index contributed by atoms with van der Waals surface area (Å²) in [7, 11) is 0. The summed E-state index contributed by atoms with van der Waals surface area (Å²) >= 11 is 0. The molecule has 0 atom stereocenters. The molecule has 0 fully saturated rings. The van der Waals surface area contributed by atoms with Crippen molar-refractivity contribution in [1.82, 2.24) is 4.57 Å². The van der Waals surface area contributed by atoms with Crippen LogP contribution >= 0.6 is 0 Å². The van der Waals surface area contributed by atoms with Crippen molar-refractivity contribution in [3.05, 3.63) is 18.2 Å². The van der Waals surface area contributed by atoms with E-state index in [4.69, 9.17) is 0 Å². The molecule has 1 heterocycles. The van der Waals surface area contributed by atoms with Crippen molar-refractivity contribution in [2.45, 2.75) is 252 Å². The van der Waals surface area contributed by atoms with Gasteiger partial charge in [0.05, 0.1) is 13.1 Å². The summed E-state index contributed by atoms with van der Waals surface area (Å²) < 4.78 is 5.27. The van der Waals surface area contributed by atoms with Crippen LogP contribution in [0.15, 0.2) is 12.4 Å². The zero-order valence-corrected chi connectivity index (χ0v) is 31.0. The molecule has 1 rings (SSSR count). The Morgan fingerprint density at radius 1 is 0.386 bits per heavy atom. The smallest absolute Gasteiger partial charge is 0.234 e. The predicted octanol–water partition coefficient (Wildman–Crippen LogP) is 14.3. The number of nitrogens with zero attached hydrogens (tertiary/aromatic N) is 2. The van der Waals surface area contributed by atoms with Crippen LogP contribution in [-0.2, 0) is 19.5 Å². The zero-order valence-electron chi connectivity index (χ0n) is 31.0. The third-order valence-corrected chi connectivity index (χ3v) is 10.1. The van der Waals surface area contributed by atoms with Gasteiger partial charge >= 0.3 is 0 Å². The lowest BCUT2D eigenvalue weighted by molar-refractivity contribution is -0.704. The molecule has 0 amide bonds. The summed E-state index contributed by atoms with van der Waals surface area (Å²) in [5.74, 6) is 1.62. The van der Waals surface area contributed by atoms with Gasteiger partial charge in [0.2, 0.25) is 0 Å². The van der Waals surface area contributed by atoms with Crippen LogP contribution in [0.2, 0.25) is 0 Å². The number of aromatic nitrogens is 2. The summed E-state index contributed by atoms with van der Waals surface area (Å²) in [4.78, 5) is 0. The second-order valence-corrected chi connectivity index (χ2v) is 14.5. The van der Waals surface area contributed by atoms with Crippen molar-refractivity contribution in [2.24, 2.45) is 0 Å². The topological polar surface area (TPSA) is 8.81 Å². The highest BCUT2D eigenvalue weighted by atomic mass is 15.1. The molecule has 0 unspecified atom stereocenters. The Balaban J connectivity index is 2.19. The summed E-state index contributed by atoms with van der Waals surface area (Å²) in [6.07, 6.45) is 53.4. The fourth-order valence-corrected chi connectivity index (χ4v) is 7.03. The molecular formula is C42H83N2+. The van der Waals surface area contributed by atoms with Crippen molar-refractivity contribution in [3.63, 3.8) is 0 Å². The minimum atomic E-state index is 1.23. The predicted molar refractivity (Wildman–Crippen MR) is 198 cm³/mol. The normalized spacial score (nSPS) is 11.6. The quantitative estimate of drug-likeness (QED) is 0.0524. The van der Waals surface area contributed by atoms with Gasteiger partial charge in [0, 0.05) is 6.42 Å². The average molecular weight is 616 g/mol. The van der Waals surface area contributed by atoms with E-state index in [0.29, 0.717) is 0 Å². The van der Waals surface area contributed by atoms with E-state index >= 15 is 0 Å². The van der Waals surface area contributed by atoms with Crippen LogP contribution < -0.4 is 4.57 Å². The zero-order chi connectivity index (χ0) is 31.6. The van der Waals surface area contributed by atoms with Gasteiger partial charge in [0.25, 0.3) is 5.82 Å². The first-order valence-electron chi connectivity index (χ1n) is 20.9. The summed E-state index contributed by atoms with van der Waals surface area (Å²) in [6.45, 7) is 9.41. The van der Waals surface area contributed by atoms with Crippen molar-refractivity contribution in [3.8, 4) is 0 Å². The number of hydrogen-bond acceptors (Lipinski definition) is 0. The molecule has 1 aromatic rings. The van der Waals surface area contributed by atoms with E-state index < -0.39 is 0 Å². The van der Waals surface area contributed by atoms with Gasteiger partial charge in [0.1, 0.15) is 12.4 Å². The lowest BCUT2D eigenvalue weighted by Crippen LogP contribution is -2.37. The van der Waals surface area contributed by atoms with E-state index in [2.05, 4.69) is 42.3 Å². The van der Waals surface area contributed by atoms with Gasteiger partial charge in [-0.1, -0.05) is 201 Å². The molecule has 260 valence electrons. The van der Waals surface area contributed by atoms with Crippen molar-refractivity contribution in [1.29, 1.82) is 0 Å². The lowest BCUT2D eigenvalue weighted by atomic mass is 10.0. The maximum atomic E-state index is 2.63. The maximum absolute atomic E-state index is 2.63. The molecule has 0 spiro atoms. The SMILES string of the molecule is CCCCCCCCCCCCCCCCCCCn1cc[n+](CCCCCCCCCCC)c1CCCCCCCCC. The van der Waals surface area contributed by atoms with Crippen LogP contribution in [0.25, 0.3) is 0 Å². The van der Waals surface area contributed by atoms with Crippen LogP contribution in [0.1, 0.15) is 238 Å². The molecule has 0 aliphatic heterocycles. The van der Waals surface area contributed by atoms with Gasteiger partial charge < -0.3 is 0 Å². The molecule has 0 aliphatic carbocycles. The van der Waals surface area contributed by atoms with Crippen LogP contribution in [-0.4, -0.2) is 4.57 Å². The van der Waals surface area contributed by atoms with E-state index in [9.17, 15) is 0 Å². The highest BCUT2D eigenvalue weighted by Gasteiger charge is 2.16. The van der Waals surface area contributed by atoms with Gasteiger partial charge in [-0.05, 0) is 32.1 Å². The first-order chi connectivity index (χ1) is 21.8. The third kappa shape index (κ3) is 25.4. The minimum absolute atomic E-state index is 1.23. The largest absolute Gasteiger partial charge is 0.256 e. The van der Waals surface area contributed by atoms with Gasteiger partial charge in [-0.3, -0.25) is 0 Å². The van der Waals surface area contributed by atoms with E-state index in [1.54, 1.807) is 5.82 Å². The molecule has 2 nitrogen and oxygen atoms in total. The standard InChI is InChI=1S/C42H83N2/c1-4-7-10-13-16-18-19-20-21-22-23-24-25-27-30-33-36-39-44-41-40-43(38-35-32-29-26-17-14-11-8-5-2)42(44)37-34-31-28-15-12-9-6-3/h40-41H,4-39H2,1-3H3/q+1. The summed E-state index contributed by atoms with van der Waals surface area (Å²) in [5.41, 5.74) is 0. The van der Waals surface area contributed by atoms with Crippen LogP contribution in [0.5, 0.6) is 0 Å². The van der Waals surface area contributed by atoms with Crippen molar-refractivity contribution >= 4 is 0 Å². The van der Waals surface area contributed by atoms with Crippen LogP contribution in [0.3, 0.4) is 0 Å². The van der Waals surface area contributed by atoms with Crippen molar-refractivity contribution < 1.29 is 4.57 Å². The molecule has 2 heteroatoms. The Morgan fingerprint density at radius 2 is 0.705 bits per heavy atom. The summed E-state index contributed by atoms with van der Waals surface area (Å²) in [6, 6.07) is 0. The number of aryl methyl sites for hydroxylation is 2. The number of rotatable bonds is 36. The Morgan fingerprint density at radius 3 is 1.09 bits per heavy atom. The lowest BCUT2D eigenvalue weighted by Gasteiger charge is -2.07. The molecule has 0 saturated carbocycles.